The smallest absolute Gasteiger partial charge is 0.306 e. The zero-order chi connectivity index (χ0) is 10.9. The van der Waals surface area contributed by atoms with Crippen LogP contribution >= 0.6 is 0 Å². The molecule has 1 aliphatic heterocycles. The number of hydrogen-bond donors (Lipinski definition) is 1. The summed E-state index contributed by atoms with van der Waals surface area (Å²) in [5, 5.41) is 8.98. The van der Waals surface area contributed by atoms with E-state index in [2.05, 4.69) is 25.7 Å². The van der Waals surface area contributed by atoms with E-state index in [0.717, 1.165) is 19.5 Å². The van der Waals surface area contributed by atoms with E-state index in [4.69, 9.17) is 5.11 Å². The first kappa shape index (κ1) is 11.5. The lowest BCUT2D eigenvalue weighted by Crippen LogP contribution is -2.50. The van der Waals surface area contributed by atoms with Crippen LogP contribution in [0.2, 0.25) is 0 Å². The van der Waals surface area contributed by atoms with Crippen LogP contribution in [0.4, 0.5) is 0 Å². The van der Waals surface area contributed by atoms with Gasteiger partial charge in [0.1, 0.15) is 0 Å². The minimum atomic E-state index is -0.633. The average molecular weight is 199 g/mol. The maximum absolute atomic E-state index is 10.9. The number of piperidine rings is 1. The Kier molecular flexibility index (Phi) is 3.20. The number of hydrogen-bond acceptors (Lipinski definition) is 2. The number of carbonyl (C=O) groups is 1. The number of aliphatic carboxylic acids is 1. The van der Waals surface area contributed by atoms with Crippen molar-refractivity contribution in [2.75, 3.05) is 13.1 Å². The van der Waals surface area contributed by atoms with Crippen LogP contribution < -0.4 is 0 Å². The average Bonchev–Trinajstić information content (AvgIpc) is 2.01. The summed E-state index contributed by atoms with van der Waals surface area (Å²) in [6, 6.07) is 0. The molecule has 0 bridgehead atoms. The van der Waals surface area contributed by atoms with Gasteiger partial charge in [-0.15, -0.1) is 0 Å². The zero-order valence-electron chi connectivity index (χ0n) is 9.58. The molecule has 1 saturated heterocycles. The Labute approximate surface area is 86.1 Å². The highest BCUT2D eigenvalue weighted by Crippen LogP contribution is 2.27. The maximum atomic E-state index is 10.9. The van der Waals surface area contributed by atoms with E-state index in [1.54, 1.807) is 0 Å². The zero-order valence-corrected chi connectivity index (χ0v) is 9.58. The molecule has 0 aliphatic carbocycles. The molecule has 1 heterocycles. The second-order valence-electron chi connectivity index (χ2n) is 5.33. The van der Waals surface area contributed by atoms with E-state index >= 15 is 0 Å². The fraction of sp³-hybridized carbons (Fsp3) is 0.909. The molecule has 0 radical (unpaired) electrons. The van der Waals surface area contributed by atoms with Gasteiger partial charge in [0.05, 0.1) is 5.92 Å². The van der Waals surface area contributed by atoms with Gasteiger partial charge in [0.15, 0.2) is 0 Å². The quantitative estimate of drug-likeness (QED) is 0.700. The van der Waals surface area contributed by atoms with Crippen molar-refractivity contribution in [2.45, 2.75) is 39.7 Å². The number of likely N-dealkylation sites (tertiary alicyclic amines) is 1. The number of carboxylic acids is 1. The Morgan fingerprint density at radius 3 is 2.36 bits per heavy atom. The molecule has 1 aliphatic rings. The Morgan fingerprint density at radius 1 is 1.43 bits per heavy atom. The van der Waals surface area contributed by atoms with Crippen molar-refractivity contribution in [2.24, 2.45) is 11.8 Å². The van der Waals surface area contributed by atoms with Gasteiger partial charge >= 0.3 is 5.97 Å². The predicted molar refractivity (Wildman–Crippen MR) is 56.2 cm³/mol. The summed E-state index contributed by atoms with van der Waals surface area (Å²) in [4.78, 5) is 13.3. The molecule has 0 aromatic carbocycles. The van der Waals surface area contributed by atoms with Crippen LogP contribution in [0, 0.1) is 11.8 Å². The maximum Gasteiger partial charge on any atom is 0.306 e. The van der Waals surface area contributed by atoms with E-state index in [1.807, 2.05) is 6.92 Å². The van der Waals surface area contributed by atoms with Gasteiger partial charge in [-0.1, -0.05) is 6.92 Å². The molecule has 14 heavy (non-hydrogen) atoms. The molecule has 0 unspecified atom stereocenters. The topological polar surface area (TPSA) is 40.5 Å². The van der Waals surface area contributed by atoms with Gasteiger partial charge < -0.3 is 5.11 Å². The highest BCUT2D eigenvalue weighted by Gasteiger charge is 2.34. The molecule has 0 amide bonds. The molecule has 1 rings (SSSR count). The third-order valence-corrected chi connectivity index (χ3v) is 3.17. The van der Waals surface area contributed by atoms with Crippen LogP contribution in [0.25, 0.3) is 0 Å². The SMILES string of the molecule is C[C@H]1CN(C(C)(C)C)CC[C@H]1C(=O)O. The fourth-order valence-corrected chi connectivity index (χ4v) is 2.12. The summed E-state index contributed by atoms with van der Waals surface area (Å²) in [6.45, 7) is 10.4. The van der Waals surface area contributed by atoms with Crippen LogP contribution in [0.15, 0.2) is 0 Å². The van der Waals surface area contributed by atoms with Gasteiger partial charge in [0.25, 0.3) is 0 Å². The molecule has 0 aromatic heterocycles. The third-order valence-electron chi connectivity index (χ3n) is 3.17. The van der Waals surface area contributed by atoms with Crippen molar-refractivity contribution in [3.05, 3.63) is 0 Å². The van der Waals surface area contributed by atoms with Crippen LogP contribution in [-0.2, 0) is 4.79 Å². The highest BCUT2D eigenvalue weighted by atomic mass is 16.4. The van der Waals surface area contributed by atoms with E-state index in [0.29, 0.717) is 0 Å². The molecule has 1 fully saturated rings. The molecular formula is C11H21NO2. The fourth-order valence-electron chi connectivity index (χ4n) is 2.12. The van der Waals surface area contributed by atoms with Crippen LogP contribution in [0.1, 0.15) is 34.1 Å². The van der Waals surface area contributed by atoms with E-state index in [9.17, 15) is 4.79 Å². The Morgan fingerprint density at radius 2 is 2.00 bits per heavy atom. The predicted octanol–water partition coefficient (Wildman–Crippen LogP) is 1.83. The van der Waals surface area contributed by atoms with Gasteiger partial charge in [-0.3, -0.25) is 9.69 Å². The van der Waals surface area contributed by atoms with Crippen LogP contribution in [0.5, 0.6) is 0 Å². The molecule has 3 nitrogen and oxygen atoms in total. The number of rotatable bonds is 1. The summed E-state index contributed by atoms with van der Waals surface area (Å²) < 4.78 is 0. The lowest BCUT2D eigenvalue weighted by Gasteiger charge is -2.42. The monoisotopic (exact) mass is 199 g/mol. The minimum absolute atomic E-state index is 0.145. The van der Waals surface area contributed by atoms with E-state index < -0.39 is 5.97 Å². The van der Waals surface area contributed by atoms with Gasteiger partial charge in [-0.05, 0) is 39.7 Å². The molecule has 3 heteroatoms. The first-order valence-corrected chi connectivity index (χ1v) is 5.30. The van der Waals surface area contributed by atoms with Crippen molar-refractivity contribution >= 4 is 5.97 Å². The minimum Gasteiger partial charge on any atom is -0.481 e. The lowest BCUT2D eigenvalue weighted by atomic mass is 9.85. The second-order valence-corrected chi connectivity index (χ2v) is 5.33. The summed E-state index contributed by atoms with van der Waals surface area (Å²) in [7, 11) is 0. The standard InChI is InChI=1S/C11H21NO2/c1-8-7-12(11(2,3)4)6-5-9(8)10(13)14/h8-9H,5-7H2,1-4H3,(H,13,14)/t8-,9+/m0/s1. The molecule has 2 atom stereocenters. The number of nitrogens with zero attached hydrogens (tertiary/aromatic N) is 1. The second kappa shape index (κ2) is 3.89. The Bertz CT molecular complexity index is 220. The Balaban J connectivity index is 2.60. The normalized spacial score (nSPS) is 30.3. The van der Waals surface area contributed by atoms with E-state index in [1.165, 1.54) is 0 Å². The summed E-state index contributed by atoms with van der Waals surface area (Å²) >= 11 is 0. The lowest BCUT2D eigenvalue weighted by molar-refractivity contribution is -0.146. The summed E-state index contributed by atoms with van der Waals surface area (Å²) in [5.41, 5.74) is 0.164. The molecule has 82 valence electrons. The van der Waals surface area contributed by atoms with Gasteiger partial charge in [-0.2, -0.15) is 0 Å². The first-order valence-electron chi connectivity index (χ1n) is 5.30. The van der Waals surface area contributed by atoms with Crippen molar-refractivity contribution in [3.63, 3.8) is 0 Å². The third kappa shape index (κ3) is 2.47. The summed E-state index contributed by atoms with van der Waals surface area (Å²) in [6.07, 6.45) is 0.785. The molecule has 0 saturated carbocycles. The highest BCUT2D eigenvalue weighted by molar-refractivity contribution is 5.70. The molecule has 0 spiro atoms. The van der Waals surface area contributed by atoms with Crippen LogP contribution in [0.3, 0.4) is 0 Å². The van der Waals surface area contributed by atoms with Crippen LogP contribution in [-0.4, -0.2) is 34.6 Å². The van der Waals surface area contributed by atoms with Crippen molar-refractivity contribution in [1.82, 2.24) is 4.90 Å². The molecular weight excluding hydrogens is 178 g/mol. The van der Waals surface area contributed by atoms with Gasteiger partial charge in [-0.25, -0.2) is 0 Å². The summed E-state index contributed by atoms with van der Waals surface area (Å²) in [5.74, 6) is -0.514. The van der Waals surface area contributed by atoms with E-state index in [-0.39, 0.29) is 17.4 Å². The van der Waals surface area contributed by atoms with Crippen molar-refractivity contribution in [1.29, 1.82) is 0 Å². The Hall–Kier alpha value is -0.570. The van der Waals surface area contributed by atoms with Crippen molar-refractivity contribution < 1.29 is 9.90 Å². The molecule has 0 aromatic rings. The number of carboxylic acid groups (broad SMARTS) is 1. The largest absolute Gasteiger partial charge is 0.481 e. The van der Waals surface area contributed by atoms with Gasteiger partial charge in [0, 0.05) is 12.1 Å². The molecule has 1 N–H and O–H groups in total. The van der Waals surface area contributed by atoms with Gasteiger partial charge in [0.2, 0.25) is 0 Å². The first-order chi connectivity index (χ1) is 6.32. The van der Waals surface area contributed by atoms with Crippen molar-refractivity contribution in [3.8, 4) is 0 Å².